The summed E-state index contributed by atoms with van der Waals surface area (Å²) in [6.07, 6.45) is -1.23. The van der Waals surface area contributed by atoms with Gasteiger partial charge in [-0.05, 0) is 24.3 Å². The third kappa shape index (κ3) is 3.44. The highest BCUT2D eigenvalue weighted by Crippen LogP contribution is 2.29. The molecule has 0 saturated carbocycles. The minimum atomic E-state index is -0.780. The number of fused-ring (bicyclic) bond motifs is 1. The van der Waals surface area contributed by atoms with Crippen LogP contribution in [0.25, 0.3) is 0 Å². The number of rotatable bonds is 4. The van der Waals surface area contributed by atoms with E-state index in [1.165, 1.54) is 0 Å². The van der Waals surface area contributed by atoms with Crippen molar-refractivity contribution in [3.63, 3.8) is 0 Å². The van der Waals surface area contributed by atoms with Crippen LogP contribution >= 0.6 is 11.6 Å². The summed E-state index contributed by atoms with van der Waals surface area (Å²) in [6.45, 7) is 0. The Labute approximate surface area is 143 Å². The van der Waals surface area contributed by atoms with Crippen LogP contribution < -0.4 is 10.1 Å². The maximum Gasteiger partial charge on any atom is 0.436 e. The van der Waals surface area contributed by atoms with Gasteiger partial charge in [0, 0.05) is 18.0 Å². The van der Waals surface area contributed by atoms with Gasteiger partial charge in [0.1, 0.15) is 5.75 Å². The lowest BCUT2D eigenvalue weighted by Gasteiger charge is -2.34. The average Bonchev–Trinajstić information content (AvgIpc) is 2.59. The first-order chi connectivity index (χ1) is 11.7. The molecule has 2 aromatic rings. The van der Waals surface area contributed by atoms with Crippen LogP contribution in [-0.2, 0) is 4.84 Å². The highest BCUT2D eigenvalue weighted by Gasteiger charge is 2.36. The van der Waals surface area contributed by atoms with Gasteiger partial charge in [-0.15, -0.1) is 16.7 Å². The second kappa shape index (κ2) is 7.23. The molecule has 2 aromatic carbocycles. The molecule has 0 saturated heterocycles. The monoisotopic (exact) mass is 346 g/mol. The van der Waals surface area contributed by atoms with Crippen LogP contribution in [0.15, 0.2) is 54.6 Å². The Kier molecular flexibility index (Phi) is 4.86. The van der Waals surface area contributed by atoms with Crippen molar-refractivity contribution in [2.75, 3.05) is 11.2 Å². The van der Waals surface area contributed by atoms with Crippen LogP contribution in [0.3, 0.4) is 0 Å². The molecule has 124 valence electrons. The van der Waals surface area contributed by atoms with Gasteiger partial charge in [0.05, 0.1) is 5.56 Å². The van der Waals surface area contributed by atoms with Crippen LogP contribution in [0.5, 0.6) is 5.75 Å². The van der Waals surface area contributed by atoms with E-state index in [9.17, 15) is 9.59 Å². The van der Waals surface area contributed by atoms with Gasteiger partial charge in [-0.25, -0.2) is 4.79 Å². The van der Waals surface area contributed by atoms with E-state index in [0.717, 1.165) is 5.06 Å². The number of carbonyl (C=O) groups is 2. The SMILES string of the molecule is O=C(Nc1ccccc1)ON1C(=O)c2ccccc2OC1CCCl. The molecule has 1 aliphatic heterocycles. The van der Waals surface area contributed by atoms with Crippen molar-refractivity contribution in [1.29, 1.82) is 0 Å². The van der Waals surface area contributed by atoms with Gasteiger partial charge in [-0.1, -0.05) is 30.3 Å². The number of nitrogens with one attached hydrogen (secondary N) is 1. The highest BCUT2D eigenvalue weighted by molar-refractivity contribution is 6.17. The summed E-state index contributed by atoms with van der Waals surface area (Å²) < 4.78 is 5.72. The molecule has 1 N–H and O–H groups in total. The maximum atomic E-state index is 12.6. The smallest absolute Gasteiger partial charge is 0.436 e. The molecule has 1 atom stereocenters. The van der Waals surface area contributed by atoms with Crippen LogP contribution in [0.4, 0.5) is 10.5 Å². The summed E-state index contributed by atoms with van der Waals surface area (Å²) >= 11 is 5.77. The van der Waals surface area contributed by atoms with Gasteiger partial charge in [0.15, 0.2) is 0 Å². The molecule has 0 spiro atoms. The zero-order chi connectivity index (χ0) is 16.9. The lowest BCUT2D eigenvalue weighted by Crippen LogP contribution is -2.49. The summed E-state index contributed by atoms with van der Waals surface area (Å²) in [5.74, 6) is 0.247. The lowest BCUT2D eigenvalue weighted by atomic mass is 10.1. The molecule has 6 nitrogen and oxygen atoms in total. The summed E-state index contributed by atoms with van der Waals surface area (Å²) in [5.41, 5.74) is 0.887. The summed E-state index contributed by atoms with van der Waals surface area (Å²) in [6, 6.07) is 15.6. The maximum absolute atomic E-state index is 12.6. The molecule has 7 heteroatoms. The predicted molar refractivity (Wildman–Crippen MR) is 88.9 cm³/mol. The largest absolute Gasteiger partial charge is 0.466 e. The van der Waals surface area contributed by atoms with Gasteiger partial charge < -0.3 is 9.57 Å². The van der Waals surface area contributed by atoms with Crippen molar-refractivity contribution in [2.24, 2.45) is 0 Å². The Morgan fingerprint density at radius 3 is 2.62 bits per heavy atom. The molecule has 0 aromatic heterocycles. The number of para-hydroxylation sites is 2. The number of benzene rings is 2. The van der Waals surface area contributed by atoms with Crippen molar-refractivity contribution >= 4 is 29.3 Å². The van der Waals surface area contributed by atoms with Crippen molar-refractivity contribution in [2.45, 2.75) is 12.6 Å². The first-order valence-corrected chi connectivity index (χ1v) is 7.91. The number of nitrogens with zero attached hydrogens (tertiary/aromatic N) is 1. The number of hydrogen-bond donors (Lipinski definition) is 1. The Balaban J connectivity index is 1.77. The number of amides is 2. The predicted octanol–water partition coefficient (Wildman–Crippen LogP) is 3.64. The van der Waals surface area contributed by atoms with Gasteiger partial charge in [-0.2, -0.15) is 0 Å². The van der Waals surface area contributed by atoms with E-state index in [4.69, 9.17) is 21.2 Å². The standard InChI is InChI=1S/C17H15ClN2O4/c18-11-10-15-20(16(21)13-8-4-5-9-14(13)23-15)24-17(22)19-12-6-2-1-3-7-12/h1-9,15H,10-11H2,(H,19,22). The Morgan fingerprint density at radius 2 is 1.88 bits per heavy atom. The van der Waals surface area contributed by atoms with E-state index < -0.39 is 18.2 Å². The Morgan fingerprint density at radius 1 is 1.17 bits per heavy atom. The number of hydroxylamine groups is 2. The fourth-order valence-electron chi connectivity index (χ4n) is 2.31. The van der Waals surface area contributed by atoms with Crippen molar-refractivity contribution in [3.05, 3.63) is 60.2 Å². The topological polar surface area (TPSA) is 67.9 Å². The number of ether oxygens (including phenoxy) is 1. The van der Waals surface area contributed by atoms with E-state index in [1.54, 1.807) is 48.5 Å². The molecule has 2 amide bonds. The highest BCUT2D eigenvalue weighted by atomic mass is 35.5. The minimum absolute atomic E-state index is 0.250. The van der Waals surface area contributed by atoms with Crippen LogP contribution in [0.2, 0.25) is 0 Å². The molecule has 0 bridgehead atoms. The summed E-state index contributed by atoms with van der Waals surface area (Å²) in [7, 11) is 0. The van der Waals surface area contributed by atoms with E-state index >= 15 is 0 Å². The fourth-order valence-corrected chi connectivity index (χ4v) is 2.50. The average molecular weight is 347 g/mol. The van der Waals surface area contributed by atoms with E-state index in [0.29, 0.717) is 23.4 Å². The summed E-state index contributed by atoms with van der Waals surface area (Å²) in [5, 5.41) is 3.47. The molecule has 0 aliphatic carbocycles. The number of halogens is 1. The summed E-state index contributed by atoms with van der Waals surface area (Å²) in [4.78, 5) is 29.8. The number of alkyl halides is 1. The molecule has 3 rings (SSSR count). The van der Waals surface area contributed by atoms with Crippen LogP contribution in [0.1, 0.15) is 16.8 Å². The zero-order valence-corrected chi connectivity index (χ0v) is 13.4. The first-order valence-electron chi connectivity index (χ1n) is 7.38. The first kappa shape index (κ1) is 16.1. The normalized spacial score (nSPS) is 16.1. The molecule has 1 unspecified atom stereocenters. The van der Waals surface area contributed by atoms with E-state index in [-0.39, 0.29) is 5.88 Å². The minimum Gasteiger partial charge on any atom is -0.466 e. The third-order valence-electron chi connectivity index (χ3n) is 3.40. The van der Waals surface area contributed by atoms with Gasteiger partial charge in [0.2, 0.25) is 6.23 Å². The molecular formula is C17H15ClN2O4. The quantitative estimate of drug-likeness (QED) is 0.858. The second-order valence-electron chi connectivity index (χ2n) is 5.05. The van der Waals surface area contributed by atoms with Gasteiger partial charge in [0.25, 0.3) is 5.91 Å². The number of anilines is 1. The molecule has 24 heavy (non-hydrogen) atoms. The third-order valence-corrected chi connectivity index (χ3v) is 3.62. The number of carbonyl (C=O) groups excluding carboxylic acids is 2. The second-order valence-corrected chi connectivity index (χ2v) is 5.43. The molecule has 0 radical (unpaired) electrons. The zero-order valence-electron chi connectivity index (χ0n) is 12.6. The fraction of sp³-hybridized carbons (Fsp3) is 0.176. The van der Waals surface area contributed by atoms with Crippen LogP contribution in [0, 0.1) is 0 Å². The van der Waals surface area contributed by atoms with E-state index in [2.05, 4.69) is 5.32 Å². The van der Waals surface area contributed by atoms with Gasteiger partial charge >= 0.3 is 6.09 Å². The van der Waals surface area contributed by atoms with Crippen LogP contribution in [-0.4, -0.2) is 29.2 Å². The molecular weight excluding hydrogens is 332 g/mol. The van der Waals surface area contributed by atoms with Crippen molar-refractivity contribution in [1.82, 2.24) is 5.06 Å². The Hall–Kier alpha value is -2.73. The van der Waals surface area contributed by atoms with Crippen molar-refractivity contribution < 1.29 is 19.2 Å². The van der Waals surface area contributed by atoms with Gasteiger partial charge in [-0.3, -0.25) is 10.1 Å². The molecule has 1 heterocycles. The van der Waals surface area contributed by atoms with E-state index in [1.807, 2.05) is 6.07 Å². The molecule has 1 aliphatic rings. The molecule has 0 fully saturated rings. The lowest BCUT2D eigenvalue weighted by molar-refractivity contribution is -0.153. The van der Waals surface area contributed by atoms with Crippen molar-refractivity contribution in [3.8, 4) is 5.75 Å². The number of hydrogen-bond acceptors (Lipinski definition) is 4. The Bertz CT molecular complexity index is 738.